The molecule has 0 aliphatic carbocycles. The van der Waals surface area contributed by atoms with Gasteiger partial charge in [-0.3, -0.25) is 9.78 Å². The molecule has 6 heteroatoms. The Labute approximate surface area is 132 Å². The Bertz CT molecular complexity index is 703. The molecule has 0 bridgehead atoms. The van der Waals surface area contributed by atoms with E-state index in [1.165, 1.54) is 0 Å². The van der Waals surface area contributed by atoms with Crippen LogP contribution in [0.3, 0.4) is 0 Å². The van der Waals surface area contributed by atoms with Crippen LogP contribution in [0.1, 0.15) is 21.5 Å². The smallest absolute Gasteiger partial charge is 0.257 e. The van der Waals surface area contributed by atoms with Crippen molar-refractivity contribution >= 4 is 34.8 Å². The number of fused-ring (bicyclic) bond motifs is 1. The first kappa shape index (κ1) is 14.3. The predicted molar refractivity (Wildman–Crippen MR) is 84.1 cm³/mol. The number of amides is 1. The van der Waals surface area contributed by atoms with Gasteiger partial charge in [0.25, 0.3) is 5.91 Å². The van der Waals surface area contributed by atoms with E-state index in [0.29, 0.717) is 21.3 Å². The minimum Gasteiger partial charge on any atom is -0.321 e. The summed E-state index contributed by atoms with van der Waals surface area (Å²) in [5.74, 6) is -0.203. The van der Waals surface area contributed by atoms with E-state index in [2.05, 4.69) is 15.6 Å². The summed E-state index contributed by atoms with van der Waals surface area (Å²) >= 11 is 11.9. The van der Waals surface area contributed by atoms with Gasteiger partial charge >= 0.3 is 0 Å². The van der Waals surface area contributed by atoms with Crippen molar-refractivity contribution in [1.82, 2.24) is 10.3 Å². The van der Waals surface area contributed by atoms with Crippen LogP contribution in [-0.2, 0) is 13.0 Å². The number of benzene rings is 1. The monoisotopic (exact) mass is 321 g/mol. The van der Waals surface area contributed by atoms with Crippen molar-refractivity contribution in [2.24, 2.45) is 0 Å². The van der Waals surface area contributed by atoms with Crippen LogP contribution >= 0.6 is 23.2 Å². The standard InChI is InChI=1S/C15H13Cl2N3O/c16-10-1-2-14(13(17)5-10)20-15(21)12-8-19-7-9-6-18-4-3-11(9)12/h1-2,5,7-8,18H,3-4,6H2,(H,20,21). The van der Waals surface area contributed by atoms with Crippen molar-refractivity contribution in [3.8, 4) is 0 Å². The Morgan fingerprint density at radius 3 is 2.95 bits per heavy atom. The summed E-state index contributed by atoms with van der Waals surface area (Å²) in [6.45, 7) is 1.60. The second-order valence-electron chi connectivity index (χ2n) is 4.83. The van der Waals surface area contributed by atoms with Crippen molar-refractivity contribution in [2.45, 2.75) is 13.0 Å². The third-order valence-corrected chi connectivity index (χ3v) is 3.99. The van der Waals surface area contributed by atoms with E-state index < -0.39 is 0 Å². The minimum absolute atomic E-state index is 0.203. The third-order valence-electron chi connectivity index (χ3n) is 3.44. The molecule has 0 spiro atoms. The lowest BCUT2D eigenvalue weighted by Crippen LogP contribution is -2.27. The molecule has 2 N–H and O–H groups in total. The van der Waals surface area contributed by atoms with Gasteiger partial charge in [0.2, 0.25) is 0 Å². The molecule has 2 heterocycles. The van der Waals surface area contributed by atoms with Crippen LogP contribution < -0.4 is 10.6 Å². The fraction of sp³-hybridized carbons (Fsp3) is 0.200. The highest BCUT2D eigenvalue weighted by Crippen LogP contribution is 2.26. The van der Waals surface area contributed by atoms with Crippen molar-refractivity contribution < 1.29 is 4.79 Å². The first-order chi connectivity index (χ1) is 10.1. The molecule has 21 heavy (non-hydrogen) atoms. The average molecular weight is 322 g/mol. The van der Waals surface area contributed by atoms with E-state index >= 15 is 0 Å². The lowest BCUT2D eigenvalue weighted by Gasteiger charge is -2.19. The highest BCUT2D eigenvalue weighted by Gasteiger charge is 2.18. The highest BCUT2D eigenvalue weighted by atomic mass is 35.5. The lowest BCUT2D eigenvalue weighted by molar-refractivity contribution is 0.102. The molecule has 0 saturated carbocycles. The molecular weight excluding hydrogens is 309 g/mol. The van der Waals surface area contributed by atoms with Crippen LogP contribution in [0, 0.1) is 0 Å². The van der Waals surface area contributed by atoms with E-state index in [-0.39, 0.29) is 5.91 Å². The van der Waals surface area contributed by atoms with Gasteiger partial charge < -0.3 is 10.6 Å². The van der Waals surface area contributed by atoms with Gasteiger partial charge in [-0.2, -0.15) is 0 Å². The van der Waals surface area contributed by atoms with E-state index in [0.717, 1.165) is 30.6 Å². The molecule has 0 fully saturated rings. The zero-order valence-electron chi connectivity index (χ0n) is 11.1. The zero-order chi connectivity index (χ0) is 14.8. The molecule has 1 aromatic heterocycles. The van der Waals surface area contributed by atoms with Crippen LogP contribution in [0.5, 0.6) is 0 Å². The minimum atomic E-state index is -0.203. The van der Waals surface area contributed by atoms with Gasteiger partial charge in [0.05, 0.1) is 16.3 Å². The van der Waals surface area contributed by atoms with Gasteiger partial charge in [0, 0.05) is 24.0 Å². The first-order valence-corrected chi connectivity index (χ1v) is 7.33. The molecule has 1 aromatic carbocycles. The van der Waals surface area contributed by atoms with Crippen LogP contribution in [-0.4, -0.2) is 17.4 Å². The third kappa shape index (κ3) is 3.02. The SMILES string of the molecule is O=C(Nc1ccc(Cl)cc1Cl)c1cncc2c1CCNC2. The maximum absolute atomic E-state index is 12.5. The maximum atomic E-state index is 12.5. The number of carbonyl (C=O) groups excluding carboxylic acids is 1. The first-order valence-electron chi connectivity index (χ1n) is 6.58. The van der Waals surface area contributed by atoms with E-state index in [1.807, 2.05) is 0 Å². The van der Waals surface area contributed by atoms with Gasteiger partial charge in [0.15, 0.2) is 0 Å². The van der Waals surface area contributed by atoms with E-state index in [1.54, 1.807) is 30.6 Å². The molecule has 3 rings (SSSR count). The quantitative estimate of drug-likeness (QED) is 0.892. The van der Waals surface area contributed by atoms with Gasteiger partial charge in [-0.15, -0.1) is 0 Å². The Morgan fingerprint density at radius 2 is 2.14 bits per heavy atom. The molecular formula is C15H13Cl2N3O. The Hall–Kier alpha value is -1.62. The number of carbonyl (C=O) groups is 1. The second-order valence-corrected chi connectivity index (χ2v) is 5.67. The van der Waals surface area contributed by atoms with Crippen molar-refractivity contribution in [1.29, 1.82) is 0 Å². The van der Waals surface area contributed by atoms with Crippen molar-refractivity contribution in [3.05, 3.63) is 57.3 Å². The molecule has 2 aromatic rings. The number of nitrogens with zero attached hydrogens (tertiary/aromatic N) is 1. The van der Waals surface area contributed by atoms with Crippen molar-refractivity contribution in [3.63, 3.8) is 0 Å². The summed E-state index contributed by atoms with van der Waals surface area (Å²) in [6, 6.07) is 4.97. The fourth-order valence-corrected chi connectivity index (χ4v) is 2.85. The molecule has 1 amide bonds. The van der Waals surface area contributed by atoms with Crippen LogP contribution in [0.2, 0.25) is 10.0 Å². The number of anilines is 1. The van der Waals surface area contributed by atoms with Gasteiger partial charge in [-0.05, 0) is 42.3 Å². The van der Waals surface area contributed by atoms with Crippen LogP contribution in [0.15, 0.2) is 30.6 Å². The molecule has 0 unspecified atom stereocenters. The average Bonchev–Trinajstić information content (AvgIpc) is 2.49. The predicted octanol–water partition coefficient (Wildman–Crippen LogP) is 3.29. The molecule has 1 aliphatic rings. The summed E-state index contributed by atoms with van der Waals surface area (Å²) < 4.78 is 0. The van der Waals surface area contributed by atoms with Crippen LogP contribution in [0.25, 0.3) is 0 Å². The second kappa shape index (κ2) is 6.02. The summed E-state index contributed by atoms with van der Waals surface area (Å²) in [5, 5.41) is 7.02. The number of hydrogen-bond donors (Lipinski definition) is 2. The fourth-order valence-electron chi connectivity index (χ4n) is 2.39. The Balaban J connectivity index is 1.89. The summed E-state index contributed by atoms with van der Waals surface area (Å²) in [7, 11) is 0. The normalized spacial score (nSPS) is 13.6. The highest BCUT2D eigenvalue weighted by molar-refractivity contribution is 6.36. The summed E-state index contributed by atoms with van der Waals surface area (Å²) in [4.78, 5) is 16.6. The molecule has 0 atom stereocenters. The molecule has 4 nitrogen and oxygen atoms in total. The molecule has 108 valence electrons. The largest absolute Gasteiger partial charge is 0.321 e. The van der Waals surface area contributed by atoms with Gasteiger partial charge in [0.1, 0.15) is 0 Å². The Kier molecular flexibility index (Phi) is 4.10. The Morgan fingerprint density at radius 1 is 1.29 bits per heavy atom. The summed E-state index contributed by atoms with van der Waals surface area (Å²) in [6.07, 6.45) is 4.21. The number of aromatic nitrogens is 1. The van der Waals surface area contributed by atoms with E-state index in [4.69, 9.17) is 23.2 Å². The molecule has 0 radical (unpaired) electrons. The number of halogens is 2. The maximum Gasteiger partial charge on any atom is 0.257 e. The molecule has 0 saturated heterocycles. The number of hydrogen-bond acceptors (Lipinski definition) is 3. The zero-order valence-corrected chi connectivity index (χ0v) is 12.6. The molecule has 1 aliphatic heterocycles. The lowest BCUT2D eigenvalue weighted by atomic mass is 9.98. The number of pyridine rings is 1. The topological polar surface area (TPSA) is 54.0 Å². The number of nitrogens with one attached hydrogen (secondary N) is 2. The van der Waals surface area contributed by atoms with Gasteiger partial charge in [-0.1, -0.05) is 23.2 Å². The van der Waals surface area contributed by atoms with E-state index in [9.17, 15) is 4.79 Å². The van der Waals surface area contributed by atoms with Crippen LogP contribution in [0.4, 0.5) is 5.69 Å². The van der Waals surface area contributed by atoms with Crippen molar-refractivity contribution in [2.75, 3.05) is 11.9 Å². The number of rotatable bonds is 2. The summed E-state index contributed by atoms with van der Waals surface area (Å²) in [5.41, 5.74) is 3.25. The van der Waals surface area contributed by atoms with Gasteiger partial charge in [-0.25, -0.2) is 0 Å².